The lowest BCUT2D eigenvalue weighted by Crippen LogP contribution is -2.15. The van der Waals surface area contributed by atoms with Gasteiger partial charge >= 0.3 is 0 Å². The third kappa shape index (κ3) is 3.10. The Morgan fingerprint density at radius 1 is 1.00 bits per heavy atom. The Hall–Kier alpha value is -1.42. The zero-order chi connectivity index (χ0) is 14.8. The highest BCUT2D eigenvalue weighted by Crippen LogP contribution is 2.35. The molecule has 0 aliphatic carbocycles. The molecule has 2 N–H and O–H groups in total. The monoisotopic (exact) mass is 323 g/mol. The Labute approximate surface area is 133 Å². The Morgan fingerprint density at radius 3 is 2.57 bits per heavy atom. The standard InChI is InChI=1S/C16H15Cl2NO2/c17-13-3-1-10(6-14(13)18)5-12(8-19)11-2-4-15-16(7-11)21-9-20-15/h1-4,6-7,12H,5,8-9,19H2. The van der Waals surface area contributed by atoms with Crippen molar-refractivity contribution in [2.24, 2.45) is 5.73 Å². The maximum absolute atomic E-state index is 6.06. The maximum atomic E-state index is 6.06. The highest BCUT2D eigenvalue weighted by Gasteiger charge is 2.18. The van der Waals surface area contributed by atoms with Crippen LogP contribution < -0.4 is 15.2 Å². The molecular weight excluding hydrogens is 309 g/mol. The zero-order valence-electron chi connectivity index (χ0n) is 11.3. The van der Waals surface area contributed by atoms with Crippen LogP contribution in [-0.4, -0.2) is 13.3 Å². The quantitative estimate of drug-likeness (QED) is 0.924. The van der Waals surface area contributed by atoms with Gasteiger partial charge in [-0.1, -0.05) is 35.3 Å². The first kappa shape index (κ1) is 14.5. The number of ether oxygens (including phenoxy) is 2. The first-order chi connectivity index (χ1) is 10.2. The molecule has 0 amide bonds. The van der Waals surface area contributed by atoms with Crippen molar-refractivity contribution in [3.05, 3.63) is 57.6 Å². The van der Waals surface area contributed by atoms with Gasteiger partial charge in [-0.05, 0) is 48.4 Å². The van der Waals surface area contributed by atoms with Gasteiger partial charge in [-0.15, -0.1) is 0 Å². The van der Waals surface area contributed by atoms with Crippen LogP contribution in [0.3, 0.4) is 0 Å². The molecule has 0 saturated heterocycles. The van der Waals surface area contributed by atoms with Gasteiger partial charge in [0.15, 0.2) is 11.5 Å². The van der Waals surface area contributed by atoms with Crippen molar-refractivity contribution in [2.45, 2.75) is 12.3 Å². The Bertz CT molecular complexity index is 661. The molecule has 1 aliphatic heterocycles. The van der Waals surface area contributed by atoms with Crippen LogP contribution in [0.2, 0.25) is 10.0 Å². The first-order valence-electron chi connectivity index (χ1n) is 6.71. The predicted molar refractivity (Wildman–Crippen MR) is 84.5 cm³/mol. The molecule has 3 rings (SSSR count). The van der Waals surface area contributed by atoms with Crippen LogP contribution >= 0.6 is 23.2 Å². The number of fused-ring (bicyclic) bond motifs is 1. The number of benzene rings is 2. The van der Waals surface area contributed by atoms with Crippen LogP contribution in [0.15, 0.2) is 36.4 Å². The van der Waals surface area contributed by atoms with Gasteiger partial charge in [0.1, 0.15) is 0 Å². The van der Waals surface area contributed by atoms with Gasteiger partial charge in [-0.2, -0.15) is 0 Å². The topological polar surface area (TPSA) is 44.5 Å². The molecule has 1 heterocycles. The van der Waals surface area contributed by atoms with Crippen LogP contribution in [0, 0.1) is 0 Å². The number of halogens is 2. The van der Waals surface area contributed by atoms with Crippen LogP contribution in [0.1, 0.15) is 17.0 Å². The molecule has 110 valence electrons. The summed E-state index contributed by atoms with van der Waals surface area (Å²) >= 11 is 12.0. The lowest BCUT2D eigenvalue weighted by atomic mass is 9.92. The van der Waals surface area contributed by atoms with E-state index in [1.807, 2.05) is 36.4 Å². The van der Waals surface area contributed by atoms with Crippen LogP contribution in [0.25, 0.3) is 0 Å². The van der Waals surface area contributed by atoms with Crippen molar-refractivity contribution in [3.8, 4) is 11.5 Å². The second-order valence-electron chi connectivity index (χ2n) is 5.00. The normalized spacial score (nSPS) is 14.2. The first-order valence-corrected chi connectivity index (χ1v) is 7.46. The highest BCUT2D eigenvalue weighted by atomic mass is 35.5. The summed E-state index contributed by atoms with van der Waals surface area (Å²) < 4.78 is 10.7. The SMILES string of the molecule is NCC(Cc1ccc(Cl)c(Cl)c1)c1ccc2c(c1)OCO2. The summed E-state index contributed by atoms with van der Waals surface area (Å²) in [5.74, 6) is 1.75. The Morgan fingerprint density at radius 2 is 1.81 bits per heavy atom. The smallest absolute Gasteiger partial charge is 0.231 e. The third-order valence-corrected chi connectivity index (χ3v) is 4.36. The number of hydrogen-bond donors (Lipinski definition) is 1. The molecule has 0 fully saturated rings. The van der Waals surface area contributed by atoms with E-state index >= 15 is 0 Å². The predicted octanol–water partition coefficient (Wildman–Crippen LogP) is 4.01. The molecule has 21 heavy (non-hydrogen) atoms. The Balaban J connectivity index is 1.83. The summed E-state index contributed by atoms with van der Waals surface area (Å²) in [6.07, 6.45) is 0.799. The molecule has 0 radical (unpaired) electrons. The molecule has 2 aromatic carbocycles. The third-order valence-electron chi connectivity index (χ3n) is 3.62. The fourth-order valence-corrected chi connectivity index (χ4v) is 2.78. The van der Waals surface area contributed by atoms with Gasteiger partial charge in [0.05, 0.1) is 10.0 Å². The molecule has 0 bridgehead atoms. The largest absolute Gasteiger partial charge is 0.454 e. The van der Waals surface area contributed by atoms with Crippen molar-refractivity contribution in [2.75, 3.05) is 13.3 Å². The van der Waals surface area contributed by atoms with Crippen molar-refractivity contribution in [3.63, 3.8) is 0 Å². The fourth-order valence-electron chi connectivity index (χ4n) is 2.46. The summed E-state index contributed by atoms with van der Waals surface area (Å²) in [6.45, 7) is 0.818. The minimum Gasteiger partial charge on any atom is -0.454 e. The molecule has 2 aromatic rings. The van der Waals surface area contributed by atoms with Gasteiger partial charge in [-0.25, -0.2) is 0 Å². The number of nitrogens with two attached hydrogens (primary N) is 1. The van der Waals surface area contributed by atoms with E-state index in [0.717, 1.165) is 29.0 Å². The van der Waals surface area contributed by atoms with Crippen LogP contribution in [0.5, 0.6) is 11.5 Å². The van der Waals surface area contributed by atoms with E-state index in [1.165, 1.54) is 0 Å². The minimum atomic E-state index is 0.191. The van der Waals surface area contributed by atoms with Crippen molar-refractivity contribution >= 4 is 23.2 Å². The van der Waals surface area contributed by atoms with Gasteiger partial charge in [0.25, 0.3) is 0 Å². The van der Waals surface area contributed by atoms with Crippen LogP contribution in [0.4, 0.5) is 0 Å². The van der Waals surface area contributed by atoms with Gasteiger partial charge in [-0.3, -0.25) is 0 Å². The fraction of sp³-hybridized carbons (Fsp3) is 0.250. The molecule has 3 nitrogen and oxygen atoms in total. The van der Waals surface area contributed by atoms with E-state index in [1.54, 1.807) is 0 Å². The molecule has 5 heteroatoms. The lowest BCUT2D eigenvalue weighted by molar-refractivity contribution is 0.174. The van der Waals surface area contributed by atoms with Gasteiger partial charge < -0.3 is 15.2 Å². The van der Waals surface area contributed by atoms with Gasteiger partial charge in [0.2, 0.25) is 6.79 Å². The molecule has 0 spiro atoms. The van der Waals surface area contributed by atoms with E-state index in [0.29, 0.717) is 16.6 Å². The summed E-state index contributed by atoms with van der Waals surface area (Å²) in [6, 6.07) is 11.6. The maximum Gasteiger partial charge on any atom is 0.231 e. The molecule has 1 unspecified atom stereocenters. The Kier molecular flexibility index (Phi) is 4.24. The molecule has 1 aliphatic rings. The molecule has 0 saturated carbocycles. The van der Waals surface area contributed by atoms with E-state index in [9.17, 15) is 0 Å². The summed E-state index contributed by atoms with van der Waals surface area (Å²) in [7, 11) is 0. The second kappa shape index (κ2) is 6.14. The summed E-state index contributed by atoms with van der Waals surface area (Å²) in [5, 5.41) is 1.13. The van der Waals surface area contributed by atoms with Crippen molar-refractivity contribution in [1.29, 1.82) is 0 Å². The number of rotatable bonds is 4. The molecular formula is C16H15Cl2NO2. The van der Waals surface area contributed by atoms with Crippen molar-refractivity contribution in [1.82, 2.24) is 0 Å². The molecule has 0 aromatic heterocycles. The summed E-state index contributed by atoms with van der Waals surface area (Å²) in [5.41, 5.74) is 8.18. The number of hydrogen-bond acceptors (Lipinski definition) is 3. The zero-order valence-corrected chi connectivity index (χ0v) is 12.8. The van der Waals surface area contributed by atoms with Crippen LogP contribution in [-0.2, 0) is 6.42 Å². The van der Waals surface area contributed by atoms with E-state index in [2.05, 4.69) is 0 Å². The average Bonchev–Trinajstić information content (AvgIpc) is 2.95. The summed E-state index contributed by atoms with van der Waals surface area (Å²) in [4.78, 5) is 0. The van der Waals surface area contributed by atoms with E-state index in [4.69, 9.17) is 38.4 Å². The van der Waals surface area contributed by atoms with E-state index in [-0.39, 0.29) is 12.7 Å². The highest BCUT2D eigenvalue weighted by molar-refractivity contribution is 6.42. The average molecular weight is 324 g/mol. The van der Waals surface area contributed by atoms with E-state index < -0.39 is 0 Å². The minimum absolute atomic E-state index is 0.191. The van der Waals surface area contributed by atoms with Gasteiger partial charge in [0, 0.05) is 5.92 Å². The lowest BCUT2D eigenvalue weighted by Gasteiger charge is -2.16. The van der Waals surface area contributed by atoms with Crippen molar-refractivity contribution < 1.29 is 9.47 Å². The second-order valence-corrected chi connectivity index (χ2v) is 5.81. The molecule has 1 atom stereocenters.